The molecule has 0 bridgehead atoms. The lowest BCUT2D eigenvalue weighted by atomic mass is 9.90. The van der Waals surface area contributed by atoms with Gasteiger partial charge in [0.15, 0.2) is 0 Å². The van der Waals surface area contributed by atoms with E-state index >= 15 is 0 Å². The molecule has 1 saturated carbocycles. The molecule has 0 amide bonds. The van der Waals surface area contributed by atoms with Gasteiger partial charge >= 0.3 is 0 Å². The number of piperidine rings is 1. The van der Waals surface area contributed by atoms with Crippen molar-refractivity contribution < 1.29 is 13.9 Å². The standard InChI is InChI=1S/C31H32FN5O2/c1-34-29(6-4-3-5-24-9-7-22(20-33)17-26(24)32)36-13-11-31(12-14-36)19-25(31)30-35-27-18-23(21-38)8-10-28(27)37(30)15-16-39-2/h3-4,6-10,17-18,21,25H,1,5,11-16,19H2,2H3/b4-3-,29-6+. The number of hydrogen-bond donors (Lipinski definition) is 0. The van der Waals surface area contributed by atoms with Crippen LogP contribution in [0.4, 0.5) is 4.39 Å². The van der Waals surface area contributed by atoms with Crippen molar-refractivity contribution in [3.8, 4) is 6.07 Å². The molecular formula is C31H32FN5O2. The highest BCUT2D eigenvalue weighted by Crippen LogP contribution is 2.65. The zero-order chi connectivity index (χ0) is 27.4. The van der Waals surface area contributed by atoms with E-state index in [0.29, 0.717) is 35.6 Å². The molecule has 0 radical (unpaired) electrons. The van der Waals surface area contributed by atoms with Crippen LogP contribution in [0.5, 0.6) is 0 Å². The third kappa shape index (κ3) is 5.41. The Labute approximate surface area is 227 Å². The van der Waals surface area contributed by atoms with Gasteiger partial charge in [0.1, 0.15) is 23.7 Å². The van der Waals surface area contributed by atoms with Crippen molar-refractivity contribution in [1.29, 1.82) is 5.26 Å². The molecule has 5 rings (SSSR count). The zero-order valence-corrected chi connectivity index (χ0v) is 22.1. The van der Waals surface area contributed by atoms with Crippen LogP contribution in [0.2, 0.25) is 0 Å². The van der Waals surface area contributed by atoms with Crippen LogP contribution in [0.15, 0.2) is 65.4 Å². The summed E-state index contributed by atoms with van der Waals surface area (Å²) in [6.45, 7) is 6.86. The second-order valence-electron chi connectivity index (χ2n) is 10.3. The first-order valence-corrected chi connectivity index (χ1v) is 13.2. The molecule has 3 aromatic rings. The summed E-state index contributed by atoms with van der Waals surface area (Å²) >= 11 is 0. The Morgan fingerprint density at radius 1 is 1.31 bits per heavy atom. The Morgan fingerprint density at radius 2 is 2.13 bits per heavy atom. The largest absolute Gasteiger partial charge is 0.383 e. The van der Waals surface area contributed by atoms with Crippen molar-refractivity contribution in [2.45, 2.75) is 38.1 Å². The molecule has 1 aliphatic carbocycles. The molecule has 1 saturated heterocycles. The van der Waals surface area contributed by atoms with Gasteiger partial charge < -0.3 is 14.2 Å². The summed E-state index contributed by atoms with van der Waals surface area (Å²) < 4.78 is 21.8. The highest BCUT2D eigenvalue weighted by molar-refractivity contribution is 5.85. The molecule has 1 unspecified atom stereocenters. The summed E-state index contributed by atoms with van der Waals surface area (Å²) in [7, 11) is 1.71. The smallest absolute Gasteiger partial charge is 0.150 e. The molecule has 1 aliphatic heterocycles. The number of fused-ring (bicyclic) bond motifs is 1. The van der Waals surface area contributed by atoms with Crippen molar-refractivity contribution in [2.75, 3.05) is 26.8 Å². The minimum Gasteiger partial charge on any atom is -0.383 e. The SMILES string of the molecule is C=N/C(=C\C=C/Cc1ccc(C#N)cc1F)N1CCC2(CC1)CC2c1nc2cc(C=O)ccc2n1CCOC. The number of nitriles is 1. The lowest BCUT2D eigenvalue weighted by molar-refractivity contribution is 0.112. The summed E-state index contributed by atoms with van der Waals surface area (Å²) in [4.78, 5) is 22.8. The van der Waals surface area contributed by atoms with Crippen LogP contribution >= 0.6 is 0 Å². The van der Waals surface area contributed by atoms with E-state index in [1.165, 1.54) is 6.07 Å². The van der Waals surface area contributed by atoms with E-state index in [0.717, 1.165) is 67.9 Å². The van der Waals surface area contributed by atoms with Crippen LogP contribution < -0.4 is 0 Å². The van der Waals surface area contributed by atoms with Gasteiger partial charge in [-0.25, -0.2) is 14.4 Å². The Bertz CT molecular complexity index is 1490. The molecule has 200 valence electrons. The highest BCUT2D eigenvalue weighted by atomic mass is 19.1. The van der Waals surface area contributed by atoms with E-state index in [9.17, 15) is 9.18 Å². The normalized spacial score (nSPS) is 18.5. The first-order chi connectivity index (χ1) is 19.0. The number of aliphatic imine (C=N–C) groups is 1. The molecule has 2 heterocycles. The molecule has 2 aromatic carbocycles. The quantitative estimate of drug-likeness (QED) is 0.201. The van der Waals surface area contributed by atoms with E-state index in [1.807, 2.05) is 42.5 Å². The number of aromatic nitrogens is 2. The number of imidazole rings is 1. The topological polar surface area (TPSA) is 83.5 Å². The van der Waals surface area contributed by atoms with Crippen molar-refractivity contribution in [2.24, 2.45) is 10.4 Å². The number of rotatable bonds is 10. The number of halogens is 1. The van der Waals surface area contributed by atoms with Gasteiger partial charge in [-0.2, -0.15) is 5.26 Å². The van der Waals surface area contributed by atoms with Gasteiger partial charge in [0, 0.05) is 38.2 Å². The predicted molar refractivity (Wildman–Crippen MR) is 149 cm³/mol. The maximum Gasteiger partial charge on any atom is 0.150 e. The van der Waals surface area contributed by atoms with Gasteiger partial charge in [0.2, 0.25) is 0 Å². The second kappa shape index (κ2) is 11.3. The van der Waals surface area contributed by atoms with Gasteiger partial charge in [-0.1, -0.05) is 18.2 Å². The second-order valence-corrected chi connectivity index (χ2v) is 10.3. The van der Waals surface area contributed by atoms with E-state index in [-0.39, 0.29) is 11.2 Å². The van der Waals surface area contributed by atoms with Crippen LogP contribution in [-0.2, 0) is 17.7 Å². The van der Waals surface area contributed by atoms with Crippen molar-refractivity contribution in [3.63, 3.8) is 0 Å². The van der Waals surface area contributed by atoms with E-state index in [4.69, 9.17) is 15.0 Å². The minimum atomic E-state index is -0.370. The fourth-order valence-corrected chi connectivity index (χ4v) is 5.76. The van der Waals surface area contributed by atoms with Crippen LogP contribution in [0.1, 0.15) is 52.5 Å². The number of nitrogens with zero attached hydrogens (tertiary/aromatic N) is 5. The molecule has 2 aliphatic rings. The average Bonchev–Trinajstić information content (AvgIpc) is 3.53. The first kappa shape index (κ1) is 26.5. The summed E-state index contributed by atoms with van der Waals surface area (Å²) in [6, 6.07) is 12.2. The van der Waals surface area contributed by atoms with Crippen molar-refractivity contribution in [3.05, 3.63) is 88.8 Å². The first-order valence-electron chi connectivity index (χ1n) is 13.2. The fourth-order valence-electron chi connectivity index (χ4n) is 5.76. The number of likely N-dealkylation sites (tertiary alicyclic amines) is 1. The lowest BCUT2D eigenvalue weighted by Crippen LogP contribution is -2.34. The molecule has 1 atom stereocenters. The summed E-state index contributed by atoms with van der Waals surface area (Å²) in [6.07, 6.45) is 10.2. The zero-order valence-electron chi connectivity index (χ0n) is 22.1. The molecule has 2 fully saturated rings. The van der Waals surface area contributed by atoms with Crippen LogP contribution in [0, 0.1) is 22.6 Å². The monoisotopic (exact) mass is 525 g/mol. The molecule has 7 nitrogen and oxygen atoms in total. The average molecular weight is 526 g/mol. The van der Waals surface area contributed by atoms with E-state index in [1.54, 1.807) is 19.2 Å². The molecule has 1 aromatic heterocycles. The number of aldehydes is 1. The number of ether oxygens (including phenoxy) is 1. The number of carbonyl (C=O) groups excluding carboxylic acids is 1. The van der Waals surface area contributed by atoms with Gasteiger partial charge in [-0.15, -0.1) is 0 Å². The maximum atomic E-state index is 14.1. The van der Waals surface area contributed by atoms with E-state index in [2.05, 4.69) is 21.2 Å². The van der Waals surface area contributed by atoms with E-state index < -0.39 is 0 Å². The van der Waals surface area contributed by atoms with Gasteiger partial charge in [-0.05, 0) is 79.8 Å². The number of carbonyl (C=O) groups is 1. The third-order valence-corrected chi connectivity index (χ3v) is 8.10. The number of methoxy groups -OCH3 is 1. The van der Waals surface area contributed by atoms with Crippen LogP contribution in [0.3, 0.4) is 0 Å². The summed E-state index contributed by atoms with van der Waals surface area (Å²) in [5, 5.41) is 8.90. The number of benzene rings is 2. The summed E-state index contributed by atoms with van der Waals surface area (Å²) in [5.74, 6) is 1.92. The maximum absolute atomic E-state index is 14.1. The van der Waals surface area contributed by atoms with Crippen molar-refractivity contribution in [1.82, 2.24) is 14.5 Å². The number of hydrogen-bond acceptors (Lipinski definition) is 6. The molecule has 0 N–H and O–H groups in total. The van der Waals surface area contributed by atoms with Gasteiger partial charge in [0.05, 0.1) is 29.3 Å². The third-order valence-electron chi connectivity index (χ3n) is 8.10. The Morgan fingerprint density at radius 3 is 2.82 bits per heavy atom. The Hall–Kier alpha value is -4.09. The Balaban J connectivity index is 1.24. The van der Waals surface area contributed by atoms with Gasteiger partial charge in [-0.3, -0.25) is 4.79 Å². The fraction of sp³-hybridized carbons (Fsp3) is 0.355. The molecule has 8 heteroatoms. The highest BCUT2D eigenvalue weighted by Gasteiger charge is 2.57. The molecule has 39 heavy (non-hydrogen) atoms. The van der Waals surface area contributed by atoms with Crippen LogP contribution in [0.25, 0.3) is 11.0 Å². The van der Waals surface area contributed by atoms with Crippen LogP contribution in [-0.4, -0.2) is 54.3 Å². The lowest BCUT2D eigenvalue weighted by Gasteiger charge is -2.34. The number of allylic oxidation sites excluding steroid dienone is 3. The Kier molecular flexibility index (Phi) is 7.71. The van der Waals surface area contributed by atoms with Crippen molar-refractivity contribution >= 4 is 24.0 Å². The minimum absolute atomic E-state index is 0.228. The molecular weight excluding hydrogens is 493 g/mol. The molecule has 1 spiro atoms. The summed E-state index contributed by atoms with van der Waals surface area (Å²) in [5.41, 5.74) is 3.63. The predicted octanol–water partition coefficient (Wildman–Crippen LogP) is 5.42. The van der Waals surface area contributed by atoms with Gasteiger partial charge in [0.25, 0.3) is 0 Å².